The number of rotatable bonds is 8. The number of allylic oxidation sites excluding steroid dienone is 2. The van der Waals surface area contributed by atoms with Crippen molar-refractivity contribution in [3.63, 3.8) is 0 Å². The topological polar surface area (TPSA) is 254 Å². The van der Waals surface area contributed by atoms with Crippen LogP contribution < -0.4 is 0 Å². The molecule has 0 bridgehead atoms. The highest BCUT2D eigenvalue weighted by Crippen LogP contribution is 2.75. The molecule has 62 heavy (non-hydrogen) atoms. The van der Waals surface area contributed by atoms with Crippen LogP contribution in [0.3, 0.4) is 0 Å². The molecule has 350 valence electrons. The lowest BCUT2D eigenvalue weighted by atomic mass is 9.33. The lowest BCUT2D eigenvalue weighted by Gasteiger charge is -2.70. The van der Waals surface area contributed by atoms with Crippen molar-refractivity contribution in [3.8, 4) is 0 Å². The zero-order valence-corrected chi connectivity index (χ0v) is 37.4. The standard InChI is InChI=1S/C45H68O17/c1-40-14-15-41(2,39(55)58-9)19-22(40)21-18-23(47)34-42(3)12-11-25(43(4,20-46)24(42)10-13-45(34,6)44(21,5)17-16-40)59-38-33(29(51)28(50)32(61-38)36(54)57-8)62-37-30(52)26(48)27(49)31(60-37)35(53)56-7/h18,22,24-34,37-38,46,48-52H,10-17,19-20H2,1-9H3/t22-,24+,25-,26-,27-,28-,29-,30+,31-,32-,33?,34+,37?,38?,40+,41+,42-,43+,44+,45+/m0/s1. The molecule has 0 aromatic heterocycles. The summed E-state index contributed by atoms with van der Waals surface area (Å²) in [6.45, 7) is 12.5. The van der Waals surface area contributed by atoms with Crippen LogP contribution in [-0.2, 0) is 52.3 Å². The summed E-state index contributed by atoms with van der Waals surface area (Å²) < 4.78 is 38.9. The Labute approximate surface area is 362 Å². The second kappa shape index (κ2) is 16.4. The van der Waals surface area contributed by atoms with Crippen molar-refractivity contribution >= 4 is 23.7 Å². The molecule has 20 atom stereocenters. The second-order valence-corrected chi connectivity index (χ2v) is 21.0. The number of aliphatic hydroxyl groups is 6. The molecule has 2 heterocycles. The molecule has 3 unspecified atom stereocenters. The van der Waals surface area contributed by atoms with E-state index in [0.29, 0.717) is 32.1 Å². The van der Waals surface area contributed by atoms with Gasteiger partial charge in [0.05, 0.1) is 39.5 Å². The van der Waals surface area contributed by atoms with E-state index in [0.717, 1.165) is 45.5 Å². The summed E-state index contributed by atoms with van der Waals surface area (Å²) in [7, 11) is 3.53. The molecule has 4 saturated carbocycles. The molecule has 2 saturated heterocycles. The second-order valence-electron chi connectivity index (χ2n) is 21.0. The number of carbonyl (C=O) groups excluding carboxylic acids is 4. The van der Waals surface area contributed by atoms with Crippen LogP contribution in [0.25, 0.3) is 0 Å². The Hall–Kier alpha value is -2.58. The van der Waals surface area contributed by atoms with Gasteiger partial charge in [0.15, 0.2) is 30.6 Å². The van der Waals surface area contributed by atoms with Gasteiger partial charge in [0.25, 0.3) is 0 Å². The van der Waals surface area contributed by atoms with E-state index in [4.69, 9.17) is 28.4 Å². The first-order valence-electron chi connectivity index (χ1n) is 22.1. The van der Waals surface area contributed by atoms with Crippen LogP contribution in [0.15, 0.2) is 11.6 Å². The molecule has 0 aromatic carbocycles. The van der Waals surface area contributed by atoms with Crippen LogP contribution in [0.1, 0.15) is 99.3 Å². The fourth-order valence-corrected chi connectivity index (χ4v) is 13.8. The number of ketones is 1. The van der Waals surface area contributed by atoms with Crippen molar-refractivity contribution in [1.29, 1.82) is 0 Å². The molecule has 6 N–H and O–H groups in total. The lowest BCUT2D eigenvalue weighted by molar-refractivity contribution is -0.372. The van der Waals surface area contributed by atoms with E-state index < -0.39 is 107 Å². The molecular formula is C45H68O17. The number of ether oxygens (including phenoxy) is 7. The molecule has 7 rings (SSSR count). The van der Waals surface area contributed by atoms with Gasteiger partial charge in [-0.15, -0.1) is 0 Å². The van der Waals surface area contributed by atoms with Crippen LogP contribution in [0.2, 0.25) is 0 Å². The summed E-state index contributed by atoms with van der Waals surface area (Å²) in [6.07, 6.45) is -11.4. The minimum atomic E-state index is -1.97. The highest BCUT2D eigenvalue weighted by molar-refractivity contribution is 5.95. The maximum absolute atomic E-state index is 15.0. The molecule has 2 aliphatic heterocycles. The maximum atomic E-state index is 15.0. The quantitative estimate of drug-likeness (QED) is 0.115. The summed E-state index contributed by atoms with van der Waals surface area (Å²) in [6, 6.07) is 0. The molecular weight excluding hydrogens is 812 g/mol. The summed E-state index contributed by atoms with van der Waals surface area (Å²) in [5.41, 5.74) is -2.02. The first-order chi connectivity index (χ1) is 28.9. The van der Waals surface area contributed by atoms with Gasteiger partial charge in [0.1, 0.15) is 36.6 Å². The third-order valence-corrected chi connectivity index (χ3v) is 17.9. The number of esters is 3. The zero-order valence-electron chi connectivity index (χ0n) is 37.4. The van der Waals surface area contributed by atoms with E-state index in [9.17, 15) is 45.0 Å². The third kappa shape index (κ3) is 6.93. The molecule has 0 amide bonds. The normalized spacial score (nSPS) is 51.3. The van der Waals surface area contributed by atoms with Crippen molar-refractivity contribution < 1.29 is 83.0 Å². The number of fused-ring (bicyclic) bond motifs is 7. The highest BCUT2D eigenvalue weighted by Gasteiger charge is 2.71. The molecule has 0 aromatic rings. The Morgan fingerprint density at radius 3 is 1.90 bits per heavy atom. The van der Waals surface area contributed by atoms with Crippen molar-refractivity contribution in [2.75, 3.05) is 27.9 Å². The molecule has 5 aliphatic carbocycles. The van der Waals surface area contributed by atoms with Gasteiger partial charge in [0, 0.05) is 11.3 Å². The van der Waals surface area contributed by atoms with Gasteiger partial charge >= 0.3 is 17.9 Å². The van der Waals surface area contributed by atoms with Crippen LogP contribution >= 0.6 is 0 Å². The summed E-state index contributed by atoms with van der Waals surface area (Å²) in [4.78, 5) is 53.4. The minimum Gasteiger partial charge on any atom is -0.469 e. The van der Waals surface area contributed by atoms with Gasteiger partial charge in [-0.2, -0.15) is 0 Å². The van der Waals surface area contributed by atoms with Gasteiger partial charge < -0.3 is 63.8 Å². The fourth-order valence-electron chi connectivity index (χ4n) is 13.8. The number of hydrogen-bond acceptors (Lipinski definition) is 17. The zero-order chi connectivity index (χ0) is 45.7. The molecule has 17 nitrogen and oxygen atoms in total. The summed E-state index contributed by atoms with van der Waals surface area (Å²) >= 11 is 0. The van der Waals surface area contributed by atoms with Crippen LogP contribution in [0.4, 0.5) is 0 Å². The molecule has 0 radical (unpaired) electrons. The van der Waals surface area contributed by atoms with Gasteiger partial charge in [-0.05, 0) is 104 Å². The van der Waals surface area contributed by atoms with Crippen LogP contribution in [0, 0.1) is 50.2 Å². The average Bonchev–Trinajstić information content (AvgIpc) is 3.24. The minimum absolute atomic E-state index is 0.0337. The monoisotopic (exact) mass is 880 g/mol. The third-order valence-electron chi connectivity index (χ3n) is 17.9. The first-order valence-corrected chi connectivity index (χ1v) is 22.1. The van der Waals surface area contributed by atoms with Gasteiger partial charge in [-0.1, -0.05) is 40.2 Å². The van der Waals surface area contributed by atoms with Crippen molar-refractivity contribution in [2.24, 2.45) is 50.2 Å². The van der Waals surface area contributed by atoms with E-state index >= 15 is 4.79 Å². The maximum Gasteiger partial charge on any atom is 0.337 e. The Balaban J connectivity index is 1.20. The number of carbonyl (C=O) groups is 4. The highest BCUT2D eigenvalue weighted by atomic mass is 16.8. The van der Waals surface area contributed by atoms with Crippen molar-refractivity contribution in [2.45, 2.75) is 167 Å². The predicted molar refractivity (Wildman–Crippen MR) is 214 cm³/mol. The number of aliphatic hydroxyl groups excluding tert-OH is 6. The molecule has 7 aliphatic rings. The van der Waals surface area contributed by atoms with Gasteiger partial charge in [-0.3, -0.25) is 9.59 Å². The predicted octanol–water partition coefficient (Wildman–Crippen LogP) is 1.48. The van der Waals surface area contributed by atoms with E-state index in [-0.39, 0.29) is 41.0 Å². The smallest absolute Gasteiger partial charge is 0.337 e. The van der Waals surface area contributed by atoms with E-state index in [1.165, 1.54) is 7.11 Å². The number of hydrogen-bond donors (Lipinski definition) is 6. The Bertz CT molecular complexity index is 1810. The molecule has 6 fully saturated rings. The molecule has 0 spiro atoms. The Kier molecular flexibility index (Phi) is 12.5. The average molecular weight is 881 g/mol. The fraction of sp³-hybridized carbons (Fsp3) is 0.867. The lowest BCUT2D eigenvalue weighted by Crippen LogP contribution is -2.69. The summed E-state index contributed by atoms with van der Waals surface area (Å²) in [5, 5.41) is 65.9. The van der Waals surface area contributed by atoms with Crippen LogP contribution in [0.5, 0.6) is 0 Å². The van der Waals surface area contributed by atoms with E-state index in [1.807, 2.05) is 19.9 Å². The van der Waals surface area contributed by atoms with Crippen molar-refractivity contribution in [1.82, 2.24) is 0 Å². The Morgan fingerprint density at radius 1 is 0.710 bits per heavy atom. The van der Waals surface area contributed by atoms with E-state index in [1.54, 1.807) is 0 Å². The summed E-state index contributed by atoms with van der Waals surface area (Å²) in [5.74, 6) is -2.94. The van der Waals surface area contributed by atoms with E-state index in [2.05, 4.69) is 32.4 Å². The van der Waals surface area contributed by atoms with Gasteiger partial charge in [-0.25, -0.2) is 9.59 Å². The SMILES string of the molecule is COC(=O)[C@H]1OC(O[C@H]2CC[C@@]3(C)[C@@H](CC[C@]4(C)[C@@H]3C(=O)C=C3[C@@H]5C[C@](C)(C(=O)OC)CC[C@]5(C)CC[C@]34C)[C@@]2(C)CO)C(OC2O[C@H](C(=O)OC)[C@@H](O)[C@H](O)[C@H]2O)[C@@H](O)[C@@H]1O. The first kappa shape index (κ1) is 47.4. The van der Waals surface area contributed by atoms with Crippen LogP contribution in [-0.4, -0.2) is 150 Å². The van der Waals surface area contributed by atoms with Gasteiger partial charge in [0.2, 0.25) is 0 Å². The Morgan fingerprint density at radius 2 is 1.31 bits per heavy atom. The molecule has 17 heteroatoms. The number of methoxy groups -OCH3 is 3. The largest absolute Gasteiger partial charge is 0.469 e. The van der Waals surface area contributed by atoms with Crippen molar-refractivity contribution in [3.05, 3.63) is 11.6 Å².